The highest BCUT2D eigenvalue weighted by atomic mass is 19.4. The van der Waals surface area contributed by atoms with E-state index in [0.29, 0.717) is 6.07 Å². The van der Waals surface area contributed by atoms with Crippen LogP contribution in [0.15, 0.2) is 18.2 Å². The predicted octanol–water partition coefficient (Wildman–Crippen LogP) is 2.91. The first kappa shape index (κ1) is 13.1. The SMILES string of the molecule is COc1ccc(C(F)(F)F)cc1C1(N)CC1(F)F. The Morgan fingerprint density at radius 2 is 1.83 bits per heavy atom. The summed E-state index contributed by atoms with van der Waals surface area (Å²) in [6.07, 6.45) is -5.29. The van der Waals surface area contributed by atoms with Gasteiger partial charge < -0.3 is 10.5 Å². The molecule has 1 unspecified atom stereocenters. The first-order valence-electron chi connectivity index (χ1n) is 5.04. The Labute approximate surface area is 99.5 Å². The predicted molar refractivity (Wildman–Crippen MR) is 53.4 cm³/mol. The summed E-state index contributed by atoms with van der Waals surface area (Å²) in [5.41, 5.74) is 2.03. The molecule has 0 heterocycles. The van der Waals surface area contributed by atoms with Gasteiger partial charge in [0, 0.05) is 12.0 Å². The quantitative estimate of drug-likeness (QED) is 0.836. The lowest BCUT2D eigenvalue weighted by Crippen LogP contribution is -2.28. The fourth-order valence-electron chi connectivity index (χ4n) is 1.83. The lowest BCUT2D eigenvalue weighted by Gasteiger charge is -2.17. The highest BCUT2D eigenvalue weighted by molar-refractivity contribution is 5.48. The number of benzene rings is 1. The van der Waals surface area contributed by atoms with Crippen LogP contribution in [0, 0.1) is 0 Å². The number of hydrogen-bond donors (Lipinski definition) is 1. The average Bonchev–Trinajstić information content (AvgIpc) is 2.77. The van der Waals surface area contributed by atoms with Gasteiger partial charge in [-0.15, -0.1) is 0 Å². The molecule has 2 nitrogen and oxygen atoms in total. The van der Waals surface area contributed by atoms with Crippen molar-refractivity contribution < 1.29 is 26.7 Å². The summed E-state index contributed by atoms with van der Waals surface area (Å²) >= 11 is 0. The van der Waals surface area contributed by atoms with Crippen molar-refractivity contribution in [3.63, 3.8) is 0 Å². The molecule has 7 heteroatoms. The van der Waals surface area contributed by atoms with Gasteiger partial charge in [-0.1, -0.05) is 0 Å². The Bertz CT molecular complexity index is 485. The van der Waals surface area contributed by atoms with Crippen molar-refractivity contribution in [1.82, 2.24) is 0 Å². The van der Waals surface area contributed by atoms with Crippen LogP contribution in [0.5, 0.6) is 5.75 Å². The summed E-state index contributed by atoms with van der Waals surface area (Å²) in [5.74, 6) is -3.27. The number of alkyl halides is 5. The summed E-state index contributed by atoms with van der Waals surface area (Å²) in [6, 6.07) is 2.40. The molecule has 0 aliphatic heterocycles. The summed E-state index contributed by atoms with van der Waals surface area (Å²) < 4.78 is 68.7. The van der Waals surface area contributed by atoms with Crippen LogP contribution in [-0.4, -0.2) is 13.0 Å². The van der Waals surface area contributed by atoms with Gasteiger partial charge >= 0.3 is 6.18 Å². The maximum absolute atomic E-state index is 13.1. The van der Waals surface area contributed by atoms with E-state index in [1.165, 1.54) is 7.11 Å². The van der Waals surface area contributed by atoms with Crippen molar-refractivity contribution in [2.45, 2.75) is 24.1 Å². The Balaban J connectivity index is 2.52. The van der Waals surface area contributed by atoms with Gasteiger partial charge in [-0.05, 0) is 18.2 Å². The molecule has 0 amide bonds. The molecule has 1 saturated carbocycles. The van der Waals surface area contributed by atoms with E-state index in [2.05, 4.69) is 0 Å². The average molecular weight is 267 g/mol. The Hall–Kier alpha value is -1.37. The molecule has 2 rings (SSSR count). The van der Waals surface area contributed by atoms with E-state index in [0.717, 1.165) is 12.1 Å². The minimum atomic E-state index is -4.61. The first-order valence-corrected chi connectivity index (χ1v) is 5.04. The molecule has 1 aliphatic carbocycles. The van der Waals surface area contributed by atoms with Crippen LogP contribution in [0.3, 0.4) is 0 Å². The minimum absolute atomic E-state index is 0.0670. The highest BCUT2D eigenvalue weighted by Crippen LogP contribution is 2.59. The maximum Gasteiger partial charge on any atom is 0.416 e. The van der Waals surface area contributed by atoms with Gasteiger partial charge in [-0.2, -0.15) is 13.2 Å². The molecule has 0 bridgehead atoms. The van der Waals surface area contributed by atoms with Gasteiger partial charge in [0.15, 0.2) is 0 Å². The fourth-order valence-corrected chi connectivity index (χ4v) is 1.83. The first-order chi connectivity index (χ1) is 8.12. The van der Waals surface area contributed by atoms with Gasteiger partial charge in [0.05, 0.1) is 12.7 Å². The van der Waals surface area contributed by atoms with E-state index < -0.39 is 29.6 Å². The molecule has 1 aliphatic rings. The Morgan fingerprint density at radius 1 is 1.28 bits per heavy atom. The van der Waals surface area contributed by atoms with E-state index in [9.17, 15) is 22.0 Å². The number of rotatable bonds is 2. The summed E-state index contributed by atoms with van der Waals surface area (Å²) in [7, 11) is 1.19. The number of halogens is 5. The molecule has 100 valence electrons. The molecule has 1 fully saturated rings. The number of methoxy groups -OCH3 is 1. The number of nitrogens with two attached hydrogens (primary N) is 1. The summed E-state index contributed by atoms with van der Waals surface area (Å²) in [5, 5.41) is 0. The zero-order valence-corrected chi connectivity index (χ0v) is 9.31. The van der Waals surface area contributed by atoms with Crippen LogP contribution >= 0.6 is 0 Å². The van der Waals surface area contributed by atoms with E-state index in [1.54, 1.807) is 0 Å². The zero-order valence-electron chi connectivity index (χ0n) is 9.31. The molecule has 1 atom stereocenters. The second kappa shape index (κ2) is 3.57. The monoisotopic (exact) mass is 267 g/mol. The Morgan fingerprint density at radius 3 is 2.22 bits per heavy atom. The van der Waals surface area contributed by atoms with E-state index in [4.69, 9.17) is 10.5 Å². The summed E-state index contributed by atoms with van der Waals surface area (Å²) in [6.45, 7) is 0. The van der Waals surface area contributed by atoms with Crippen molar-refractivity contribution in [3.05, 3.63) is 29.3 Å². The van der Waals surface area contributed by atoms with Crippen LogP contribution in [0.25, 0.3) is 0 Å². The van der Waals surface area contributed by atoms with Crippen LogP contribution in [-0.2, 0) is 11.7 Å². The smallest absolute Gasteiger partial charge is 0.416 e. The molecular formula is C11H10F5NO. The van der Waals surface area contributed by atoms with Crippen molar-refractivity contribution in [1.29, 1.82) is 0 Å². The molecule has 0 saturated heterocycles. The molecule has 2 N–H and O–H groups in total. The second-order valence-electron chi connectivity index (χ2n) is 4.27. The van der Waals surface area contributed by atoms with E-state index in [-0.39, 0.29) is 11.3 Å². The number of ether oxygens (including phenoxy) is 1. The largest absolute Gasteiger partial charge is 0.496 e. The molecule has 0 aromatic heterocycles. The third kappa shape index (κ3) is 1.82. The third-order valence-electron chi connectivity index (χ3n) is 3.04. The fraction of sp³-hybridized carbons (Fsp3) is 0.455. The van der Waals surface area contributed by atoms with E-state index >= 15 is 0 Å². The maximum atomic E-state index is 13.1. The van der Waals surface area contributed by atoms with Gasteiger partial charge in [-0.3, -0.25) is 0 Å². The third-order valence-corrected chi connectivity index (χ3v) is 3.04. The summed E-state index contributed by atoms with van der Waals surface area (Å²) in [4.78, 5) is 0. The minimum Gasteiger partial charge on any atom is -0.496 e. The van der Waals surface area contributed by atoms with Crippen LogP contribution in [0.4, 0.5) is 22.0 Å². The number of hydrogen-bond acceptors (Lipinski definition) is 2. The molecule has 0 spiro atoms. The van der Waals surface area contributed by atoms with Gasteiger partial charge in [0.25, 0.3) is 5.92 Å². The van der Waals surface area contributed by atoms with Crippen LogP contribution in [0.1, 0.15) is 17.5 Å². The van der Waals surface area contributed by atoms with Crippen LogP contribution in [0.2, 0.25) is 0 Å². The molecule has 18 heavy (non-hydrogen) atoms. The standard InChI is InChI=1S/C11H10F5NO/c1-18-8-3-2-6(11(14,15)16)4-7(8)9(17)5-10(9,12)13/h2-4H,5,17H2,1H3. The van der Waals surface area contributed by atoms with Gasteiger partial charge in [0.2, 0.25) is 0 Å². The van der Waals surface area contributed by atoms with Crippen molar-refractivity contribution >= 4 is 0 Å². The molecular weight excluding hydrogens is 257 g/mol. The van der Waals surface area contributed by atoms with Crippen LogP contribution < -0.4 is 10.5 Å². The molecule has 1 aromatic carbocycles. The van der Waals surface area contributed by atoms with Crippen molar-refractivity contribution in [2.75, 3.05) is 7.11 Å². The zero-order chi connectivity index (χ0) is 13.8. The highest BCUT2D eigenvalue weighted by Gasteiger charge is 2.71. The Kier molecular flexibility index (Phi) is 2.59. The van der Waals surface area contributed by atoms with Gasteiger partial charge in [-0.25, -0.2) is 8.78 Å². The second-order valence-corrected chi connectivity index (χ2v) is 4.27. The van der Waals surface area contributed by atoms with Gasteiger partial charge in [0.1, 0.15) is 11.3 Å². The molecule has 1 aromatic rings. The molecule has 0 radical (unpaired) electrons. The normalized spacial score (nSPS) is 25.9. The topological polar surface area (TPSA) is 35.2 Å². The lowest BCUT2D eigenvalue weighted by atomic mass is 10.0. The lowest BCUT2D eigenvalue weighted by molar-refractivity contribution is -0.137. The van der Waals surface area contributed by atoms with E-state index in [1.807, 2.05) is 0 Å². The van der Waals surface area contributed by atoms with Crippen molar-refractivity contribution in [2.24, 2.45) is 5.73 Å². The van der Waals surface area contributed by atoms with Crippen molar-refractivity contribution in [3.8, 4) is 5.75 Å².